The van der Waals surface area contributed by atoms with Gasteiger partial charge in [0.15, 0.2) is 11.5 Å². The minimum atomic E-state index is -0.496. The number of imidazole rings is 1. The molecule has 0 spiro atoms. The number of hydrazone groups is 1. The second-order valence-electron chi connectivity index (χ2n) is 6.18. The summed E-state index contributed by atoms with van der Waals surface area (Å²) in [7, 11) is 0. The van der Waals surface area contributed by atoms with E-state index in [0.717, 1.165) is 5.52 Å². The number of rotatable bonds is 6. The minimum absolute atomic E-state index is 0.0684. The summed E-state index contributed by atoms with van der Waals surface area (Å²) in [6.07, 6.45) is 0. The number of nitrogens with zero attached hydrogens (tertiary/aromatic N) is 3. The largest absolute Gasteiger partial charge is 0.336 e. The Bertz CT molecular complexity index is 1200. The van der Waals surface area contributed by atoms with Crippen molar-refractivity contribution in [3.63, 3.8) is 0 Å². The lowest BCUT2D eigenvalue weighted by molar-refractivity contribution is -0.384. The van der Waals surface area contributed by atoms with E-state index in [-0.39, 0.29) is 17.2 Å². The van der Waals surface area contributed by atoms with E-state index in [0.29, 0.717) is 22.6 Å². The molecular formula is C21H15N5O3. The molecule has 142 valence electrons. The van der Waals surface area contributed by atoms with Gasteiger partial charge in [-0.1, -0.05) is 48.5 Å². The lowest BCUT2D eigenvalue weighted by Gasteiger charge is -2.05. The van der Waals surface area contributed by atoms with Gasteiger partial charge in [-0.25, -0.2) is 4.98 Å². The van der Waals surface area contributed by atoms with Crippen LogP contribution in [0.4, 0.5) is 11.4 Å². The molecule has 0 aliphatic rings. The molecule has 1 aromatic heterocycles. The molecule has 0 saturated heterocycles. The molecule has 1 heterocycles. The number of para-hydroxylation sites is 2. The van der Waals surface area contributed by atoms with Crippen molar-refractivity contribution in [3.05, 3.63) is 100 Å². The number of hydrogen-bond acceptors (Lipinski definition) is 6. The van der Waals surface area contributed by atoms with Crippen LogP contribution in [0.3, 0.4) is 0 Å². The van der Waals surface area contributed by atoms with Crippen molar-refractivity contribution in [1.82, 2.24) is 9.97 Å². The molecule has 0 saturated carbocycles. The Hall–Kier alpha value is -4.33. The van der Waals surface area contributed by atoms with E-state index in [2.05, 4.69) is 20.5 Å². The highest BCUT2D eigenvalue weighted by Gasteiger charge is 2.20. The highest BCUT2D eigenvalue weighted by molar-refractivity contribution is 6.50. The van der Waals surface area contributed by atoms with Gasteiger partial charge >= 0.3 is 0 Å². The third-order valence-electron chi connectivity index (χ3n) is 4.22. The number of benzene rings is 3. The smallest absolute Gasteiger partial charge is 0.271 e. The normalized spacial score (nSPS) is 11.4. The number of nitro groups is 1. The third-order valence-corrected chi connectivity index (χ3v) is 4.22. The first-order valence-corrected chi connectivity index (χ1v) is 8.75. The van der Waals surface area contributed by atoms with Crippen molar-refractivity contribution >= 4 is 33.9 Å². The number of hydrogen-bond donors (Lipinski definition) is 2. The van der Waals surface area contributed by atoms with E-state index >= 15 is 0 Å². The van der Waals surface area contributed by atoms with Gasteiger partial charge < -0.3 is 4.98 Å². The predicted octanol–water partition coefficient (Wildman–Crippen LogP) is 4.17. The Morgan fingerprint density at radius 2 is 1.76 bits per heavy atom. The zero-order valence-electron chi connectivity index (χ0n) is 15.1. The molecule has 8 heteroatoms. The standard InChI is InChI=1S/C21H15N5O3/c27-20(14-7-2-1-3-8-14)19(21-22-17-11-4-5-12-18(17)23-21)25-24-15-9-6-10-16(13-15)26(28)29/h1-13,24H,(H,22,23). The Morgan fingerprint density at radius 1 is 1.00 bits per heavy atom. The van der Waals surface area contributed by atoms with Crippen LogP contribution in [0, 0.1) is 10.1 Å². The van der Waals surface area contributed by atoms with Gasteiger partial charge in [0, 0.05) is 17.7 Å². The van der Waals surface area contributed by atoms with Crippen LogP contribution >= 0.6 is 0 Å². The lowest BCUT2D eigenvalue weighted by Crippen LogP contribution is -2.19. The number of aromatic nitrogens is 2. The maximum Gasteiger partial charge on any atom is 0.271 e. The topological polar surface area (TPSA) is 113 Å². The average Bonchev–Trinajstić information content (AvgIpc) is 3.18. The number of nitro benzene ring substituents is 1. The molecule has 2 N–H and O–H groups in total. The van der Waals surface area contributed by atoms with Crippen LogP contribution < -0.4 is 5.43 Å². The van der Waals surface area contributed by atoms with E-state index in [1.807, 2.05) is 30.3 Å². The average molecular weight is 385 g/mol. The maximum atomic E-state index is 13.1. The molecule has 29 heavy (non-hydrogen) atoms. The van der Waals surface area contributed by atoms with Crippen molar-refractivity contribution < 1.29 is 9.72 Å². The van der Waals surface area contributed by atoms with Crippen LogP contribution in [0.15, 0.2) is 84.0 Å². The summed E-state index contributed by atoms with van der Waals surface area (Å²) in [6.45, 7) is 0. The summed E-state index contributed by atoms with van der Waals surface area (Å²) >= 11 is 0. The van der Waals surface area contributed by atoms with Gasteiger partial charge in [0.1, 0.15) is 0 Å². The molecule has 3 aromatic carbocycles. The van der Waals surface area contributed by atoms with Crippen molar-refractivity contribution in [2.45, 2.75) is 0 Å². The van der Waals surface area contributed by atoms with Gasteiger partial charge in [0.25, 0.3) is 5.69 Å². The van der Waals surface area contributed by atoms with Gasteiger partial charge in [0.05, 0.1) is 21.6 Å². The second kappa shape index (κ2) is 7.73. The Labute approximate surface area is 165 Å². The molecular weight excluding hydrogens is 370 g/mol. The predicted molar refractivity (Wildman–Crippen MR) is 110 cm³/mol. The third kappa shape index (κ3) is 3.86. The van der Waals surface area contributed by atoms with E-state index in [1.54, 1.807) is 30.3 Å². The molecule has 0 atom stereocenters. The number of nitrogens with one attached hydrogen (secondary N) is 2. The number of H-pyrrole nitrogens is 1. The number of carbonyl (C=O) groups excluding carboxylic acids is 1. The molecule has 0 aliphatic carbocycles. The van der Waals surface area contributed by atoms with Crippen molar-refractivity contribution in [1.29, 1.82) is 0 Å². The van der Waals surface area contributed by atoms with Crippen LogP contribution in [0.5, 0.6) is 0 Å². The van der Waals surface area contributed by atoms with E-state index < -0.39 is 4.92 Å². The fourth-order valence-electron chi connectivity index (χ4n) is 2.81. The van der Waals surface area contributed by atoms with Crippen molar-refractivity contribution in [2.75, 3.05) is 5.43 Å². The zero-order valence-corrected chi connectivity index (χ0v) is 15.1. The summed E-state index contributed by atoms with van der Waals surface area (Å²) in [5.41, 5.74) is 5.03. The highest BCUT2D eigenvalue weighted by Crippen LogP contribution is 2.18. The Kier molecular flexibility index (Phi) is 4.81. The number of carbonyl (C=O) groups is 1. The van der Waals surface area contributed by atoms with Crippen molar-refractivity contribution in [3.8, 4) is 0 Å². The van der Waals surface area contributed by atoms with Gasteiger partial charge in [-0.05, 0) is 18.2 Å². The Morgan fingerprint density at radius 3 is 2.52 bits per heavy atom. The molecule has 0 fully saturated rings. The highest BCUT2D eigenvalue weighted by atomic mass is 16.6. The molecule has 0 amide bonds. The maximum absolute atomic E-state index is 13.1. The minimum Gasteiger partial charge on any atom is -0.336 e. The van der Waals surface area contributed by atoms with Crippen molar-refractivity contribution in [2.24, 2.45) is 5.10 Å². The molecule has 0 bridgehead atoms. The summed E-state index contributed by atoms with van der Waals surface area (Å²) in [4.78, 5) is 31.1. The summed E-state index contributed by atoms with van der Waals surface area (Å²) in [6, 6.07) is 22.0. The summed E-state index contributed by atoms with van der Waals surface area (Å²) < 4.78 is 0. The van der Waals surface area contributed by atoms with E-state index in [9.17, 15) is 14.9 Å². The van der Waals surface area contributed by atoms with E-state index in [1.165, 1.54) is 18.2 Å². The molecule has 0 radical (unpaired) electrons. The zero-order chi connectivity index (χ0) is 20.2. The quantitative estimate of drug-likeness (QED) is 0.224. The van der Waals surface area contributed by atoms with Crippen LogP contribution in [-0.4, -0.2) is 26.4 Å². The monoisotopic (exact) mass is 385 g/mol. The van der Waals surface area contributed by atoms with Gasteiger partial charge in [-0.15, -0.1) is 0 Å². The van der Waals surface area contributed by atoms with Crippen LogP contribution in [0.1, 0.15) is 16.2 Å². The van der Waals surface area contributed by atoms with Gasteiger partial charge in [-0.3, -0.25) is 20.3 Å². The first kappa shape index (κ1) is 18.1. The van der Waals surface area contributed by atoms with Crippen LogP contribution in [-0.2, 0) is 0 Å². The first-order valence-electron chi connectivity index (χ1n) is 8.75. The fourth-order valence-corrected chi connectivity index (χ4v) is 2.81. The summed E-state index contributed by atoms with van der Waals surface area (Å²) in [5.74, 6) is -0.0272. The number of non-ortho nitro benzene ring substituents is 1. The number of aromatic amines is 1. The number of fused-ring (bicyclic) bond motifs is 1. The van der Waals surface area contributed by atoms with E-state index in [4.69, 9.17) is 0 Å². The molecule has 0 unspecified atom stereocenters. The number of Topliss-reactive ketones (excluding diaryl/α,β-unsaturated/α-hetero) is 1. The first-order chi connectivity index (χ1) is 14.1. The number of ketones is 1. The van der Waals surface area contributed by atoms with Crippen LogP contribution in [0.25, 0.3) is 11.0 Å². The molecule has 4 rings (SSSR count). The molecule has 4 aromatic rings. The molecule has 8 nitrogen and oxygen atoms in total. The number of anilines is 1. The second-order valence-corrected chi connectivity index (χ2v) is 6.18. The fraction of sp³-hybridized carbons (Fsp3) is 0. The van der Waals surface area contributed by atoms with Gasteiger partial charge in [-0.2, -0.15) is 5.10 Å². The molecule has 0 aliphatic heterocycles. The summed E-state index contributed by atoms with van der Waals surface area (Å²) in [5, 5.41) is 15.2. The van der Waals surface area contributed by atoms with Crippen LogP contribution in [0.2, 0.25) is 0 Å². The van der Waals surface area contributed by atoms with Gasteiger partial charge in [0.2, 0.25) is 5.78 Å². The SMILES string of the molecule is O=C(C(=NNc1cccc([N+](=O)[O-])c1)c1nc2ccccc2[nH]1)c1ccccc1. The lowest BCUT2D eigenvalue weighted by atomic mass is 10.1. The Balaban J connectivity index is 1.75.